The third-order valence-corrected chi connectivity index (χ3v) is 2.44. The van der Waals surface area contributed by atoms with Crippen molar-refractivity contribution in [3.05, 3.63) is 0 Å². The molecule has 0 aromatic carbocycles. The van der Waals surface area contributed by atoms with Gasteiger partial charge in [-0.15, -0.1) is 0 Å². The largest absolute Gasteiger partial charge is 0.331 e. The van der Waals surface area contributed by atoms with Crippen LogP contribution in [0.1, 0.15) is 6.42 Å². The highest BCUT2D eigenvalue weighted by molar-refractivity contribution is 5.80. The summed E-state index contributed by atoms with van der Waals surface area (Å²) in [5, 5.41) is 11.0. The molecule has 62 valence electrons. The fourth-order valence-corrected chi connectivity index (χ4v) is 1.77. The minimum Gasteiger partial charge on any atom is -0.331 e. The molecule has 0 spiro atoms. The van der Waals surface area contributed by atoms with E-state index in [1.165, 1.54) is 0 Å². The van der Waals surface area contributed by atoms with E-state index in [4.69, 9.17) is 5.41 Å². The molecule has 2 aliphatic heterocycles. The highest BCUT2D eigenvalue weighted by atomic mass is 15.5. The van der Waals surface area contributed by atoms with E-state index < -0.39 is 0 Å². The van der Waals surface area contributed by atoms with Crippen LogP contribution in [0.3, 0.4) is 0 Å². The molecule has 2 aliphatic rings. The molecule has 0 aromatic rings. The first-order chi connectivity index (χ1) is 5.29. The van der Waals surface area contributed by atoms with Crippen molar-refractivity contribution in [2.45, 2.75) is 12.7 Å². The number of fused-ring (bicyclic) bond motifs is 1. The van der Waals surface area contributed by atoms with E-state index in [2.05, 4.69) is 22.2 Å². The molecule has 0 radical (unpaired) electrons. The van der Waals surface area contributed by atoms with Gasteiger partial charge in [0.25, 0.3) is 0 Å². The van der Waals surface area contributed by atoms with Crippen molar-refractivity contribution in [1.82, 2.24) is 15.1 Å². The van der Waals surface area contributed by atoms with Crippen LogP contribution in [-0.4, -0.2) is 48.6 Å². The lowest BCUT2D eigenvalue weighted by Gasteiger charge is -2.38. The van der Waals surface area contributed by atoms with Crippen LogP contribution in [0.5, 0.6) is 0 Å². The molecule has 4 nitrogen and oxygen atoms in total. The molecule has 2 rings (SSSR count). The Hall–Kier alpha value is -0.610. The number of amidine groups is 1. The van der Waals surface area contributed by atoms with Crippen LogP contribution in [0.25, 0.3) is 0 Å². The summed E-state index contributed by atoms with van der Waals surface area (Å²) >= 11 is 0. The Balaban J connectivity index is 2.14. The topological polar surface area (TPSA) is 42.4 Å². The van der Waals surface area contributed by atoms with E-state index in [9.17, 15) is 0 Å². The zero-order chi connectivity index (χ0) is 7.84. The molecule has 2 heterocycles. The Kier molecular flexibility index (Phi) is 1.58. The molecule has 0 aliphatic carbocycles. The van der Waals surface area contributed by atoms with Crippen molar-refractivity contribution in [3.8, 4) is 0 Å². The van der Waals surface area contributed by atoms with E-state index in [0.717, 1.165) is 31.9 Å². The number of hydrogen-bond acceptors (Lipinski definition) is 3. The molecule has 0 bridgehead atoms. The fourth-order valence-electron chi connectivity index (χ4n) is 1.77. The zero-order valence-corrected chi connectivity index (χ0v) is 6.80. The number of nitrogens with zero attached hydrogens (tertiary/aromatic N) is 2. The van der Waals surface area contributed by atoms with Gasteiger partial charge in [0, 0.05) is 26.1 Å². The highest BCUT2D eigenvalue weighted by Crippen LogP contribution is 2.14. The summed E-state index contributed by atoms with van der Waals surface area (Å²) in [7, 11) is 2.10. The van der Waals surface area contributed by atoms with Gasteiger partial charge in [-0.2, -0.15) is 0 Å². The maximum Gasteiger partial charge on any atom is 0.138 e. The molecule has 1 unspecified atom stereocenters. The van der Waals surface area contributed by atoms with Crippen LogP contribution in [0.2, 0.25) is 0 Å². The summed E-state index contributed by atoms with van der Waals surface area (Å²) in [4.78, 5) is 4.38. The summed E-state index contributed by atoms with van der Waals surface area (Å²) < 4.78 is 0. The van der Waals surface area contributed by atoms with Crippen molar-refractivity contribution in [3.63, 3.8) is 0 Å². The van der Waals surface area contributed by atoms with Crippen molar-refractivity contribution in [2.75, 3.05) is 26.7 Å². The van der Waals surface area contributed by atoms with Crippen molar-refractivity contribution in [2.24, 2.45) is 0 Å². The zero-order valence-electron chi connectivity index (χ0n) is 6.80. The fraction of sp³-hybridized carbons (Fsp3) is 0.857. The Bertz CT molecular complexity index is 179. The Labute approximate surface area is 66.7 Å². The average Bonchev–Trinajstić information content (AvgIpc) is 2.45. The molecule has 4 heteroatoms. The maximum absolute atomic E-state index is 7.67. The average molecular weight is 154 g/mol. The minimum atomic E-state index is 0.302. The predicted molar refractivity (Wildman–Crippen MR) is 43.5 cm³/mol. The van der Waals surface area contributed by atoms with Gasteiger partial charge in [-0.1, -0.05) is 0 Å². The molecule has 1 atom stereocenters. The summed E-state index contributed by atoms with van der Waals surface area (Å²) in [6.45, 7) is 3.01. The SMILES string of the molecule is CN1CCC(=N)N2CCNC12. The summed E-state index contributed by atoms with van der Waals surface area (Å²) in [5.74, 6) is 0.790. The van der Waals surface area contributed by atoms with Gasteiger partial charge in [-0.25, -0.2) is 0 Å². The molecule has 0 amide bonds. The standard InChI is InChI=1S/C7H14N4/c1-10-4-2-6(8)11-5-3-9-7(10)11/h7-9H,2-5H2,1H3. The number of rotatable bonds is 0. The van der Waals surface area contributed by atoms with Crippen LogP contribution < -0.4 is 5.32 Å². The van der Waals surface area contributed by atoms with Gasteiger partial charge in [-0.3, -0.25) is 15.6 Å². The Morgan fingerprint density at radius 2 is 2.36 bits per heavy atom. The maximum atomic E-state index is 7.67. The van der Waals surface area contributed by atoms with E-state index in [-0.39, 0.29) is 0 Å². The smallest absolute Gasteiger partial charge is 0.138 e. The highest BCUT2D eigenvalue weighted by Gasteiger charge is 2.32. The molecule has 2 saturated heterocycles. The van der Waals surface area contributed by atoms with Crippen molar-refractivity contribution < 1.29 is 0 Å². The second-order valence-corrected chi connectivity index (χ2v) is 3.20. The van der Waals surface area contributed by atoms with Crippen LogP contribution in [-0.2, 0) is 0 Å². The van der Waals surface area contributed by atoms with E-state index in [1.54, 1.807) is 0 Å². The third kappa shape index (κ3) is 1.02. The molecular weight excluding hydrogens is 140 g/mol. The van der Waals surface area contributed by atoms with Crippen molar-refractivity contribution in [1.29, 1.82) is 5.41 Å². The molecule has 2 fully saturated rings. The van der Waals surface area contributed by atoms with Gasteiger partial charge in [0.2, 0.25) is 0 Å². The summed E-state index contributed by atoms with van der Waals surface area (Å²) in [6.07, 6.45) is 1.20. The lowest BCUT2D eigenvalue weighted by molar-refractivity contribution is 0.112. The van der Waals surface area contributed by atoms with Gasteiger partial charge < -0.3 is 4.90 Å². The van der Waals surface area contributed by atoms with E-state index in [1.807, 2.05) is 0 Å². The normalized spacial score (nSPS) is 32.6. The van der Waals surface area contributed by atoms with Crippen molar-refractivity contribution >= 4 is 5.84 Å². The summed E-state index contributed by atoms with van der Waals surface area (Å²) in [5.41, 5.74) is 0. The molecule has 11 heavy (non-hydrogen) atoms. The first-order valence-electron chi connectivity index (χ1n) is 4.07. The molecule has 0 saturated carbocycles. The molecule has 2 N–H and O–H groups in total. The van der Waals surface area contributed by atoms with Gasteiger partial charge in [-0.05, 0) is 7.05 Å². The summed E-state index contributed by atoms with van der Waals surface area (Å²) in [6, 6.07) is 0. The van der Waals surface area contributed by atoms with Gasteiger partial charge >= 0.3 is 0 Å². The van der Waals surface area contributed by atoms with E-state index in [0.29, 0.717) is 6.29 Å². The number of hydrogen-bond donors (Lipinski definition) is 2. The Morgan fingerprint density at radius 3 is 3.09 bits per heavy atom. The molecule has 0 aromatic heterocycles. The van der Waals surface area contributed by atoms with Gasteiger partial charge in [0.1, 0.15) is 6.29 Å². The van der Waals surface area contributed by atoms with Crippen LogP contribution in [0.15, 0.2) is 0 Å². The Morgan fingerprint density at radius 1 is 1.55 bits per heavy atom. The minimum absolute atomic E-state index is 0.302. The monoisotopic (exact) mass is 154 g/mol. The second-order valence-electron chi connectivity index (χ2n) is 3.20. The van der Waals surface area contributed by atoms with Crippen LogP contribution in [0, 0.1) is 5.41 Å². The number of nitrogens with one attached hydrogen (secondary N) is 2. The van der Waals surface area contributed by atoms with Crippen LogP contribution >= 0.6 is 0 Å². The van der Waals surface area contributed by atoms with Gasteiger partial charge in [0.15, 0.2) is 0 Å². The lowest BCUT2D eigenvalue weighted by atomic mass is 10.3. The predicted octanol–water partition coefficient (Wildman–Crippen LogP) is -0.512. The lowest BCUT2D eigenvalue weighted by Crippen LogP contribution is -2.55. The van der Waals surface area contributed by atoms with E-state index >= 15 is 0 Å². The second kappa shape index (κ2) is 2.46. The first kappa shape index (κ1) is 7.06. The molecular formula is C7H14N4. The third-order valence-electron chi connectivity index (χ3n) is 2.44. The first-order valence-corrected chi connectivity index (χ1v) is 4.07. The van der Waals surface area contributed by atoms with Crippen LogP contribution in [0.4, 0.5) is 0 Å². The van der Waals surface area contributed by atoms with Gasteiger partial charge in [0.05, 0.1) is 5.84 Å². The quantitative estimate of drug-likeness (QED) is 0.494.